The Bertz CT molecular complexity index is 596. The molecule has 20 heavy (non-hydrogen) atoms. The van der Waals surface area contributed by atoms with Gasteiger partial charge >= 0.3 is 6.03 Å². The molecule has 0 saturated carbocycles. The lowest BCUT2D eigenvalue weighted by atomic mass is 10.1. The van der Waals surface area contributed by atoms with E-state index in [9.17, 15) is 4.79 Å². The number of urea groups is 1. The summed E-state index contributed by atoms with van der Waals surface area (Å²) in [5.74, 6) is 0. The minimum absolute atomic E-state index is 0.0575. The highest BCUT2D eigenvalue weighted by Gasteiger charge is 2.09. The third-order valence-electron chi connectivity index (χ3n) is 3.01. The van der Waals surface area contributed by atoms with Crippen molar-refractivity contribution in [3.05, 3.63) is 64.1 Å². The number of aryl methyl sites for hydroxylation is 1. The molecule has 3 nitrogen and oxygen atoms in total. The molecule has 1 atom stereocenters. The molecule has 0 heterocycles. The predicted octanol–water partition coefficient (Wildman–Crippen LogP) is 4.64. The maximum atomic E-state index is 11.9. The second-order valence-corrected chi connectivity index (χ2v) is 5.66. The highest BCUT2D eigenvalue weighted by Crippen LogP contribution is 2.18. The Balaban J connectivity index is 1.95. The Labute approximate surface area is 127 Å². The Kier molecular flexibility index (Phi) is 4.79. The first-order chi connectivity index (χ1) is 9.54. The van der Waals surface area contributed by atoms with Gasteiger partial charge in [-0.3, -0.25) is 0 Å². The van der Waals surface area contributed by atoms with Gasteiger partial charge in [-0.1, -0.05) is 45.8 Å². The van der Waals surface area contributed by atoms with Crippen molar-refractivity contribution in [2.45, 2.75) is 19.9 Å². The van der Waals surface area contributed by atoms with Crippen molar-refractivity contribution < 1.29 is 4.79 Å². The average molecular weight is 333 g/mol. The molecule has 2 aromatic rings. The van der Waals surface area contributed by atoms with Crippen LogP contribution < -0.4 is 10.6 Å². The van der Waals surface area contributed by atoms with Gasteiger partial charge in [0.25, 0.3) is 0 Å². The lowest BCUT2D eigenvalue weighted by molar-refractivity contribution is 0.249. The number of hydrogen-bond donors (Lipinski definition) is 2. The van der Waals surface area contributed by atoms with Crippen molar-refractivity contribution in [2.75, 3.05) is 5.32 Å². The van der Waals surface area contributed by atoms with Crippen LogP contribution in [-0.4, -0.2) is 6.03 Å². The van der Waals surface area contributed by atoms with Crippen LogP contribution in [0.5, 0.6) is 0 Å². The van der Waals surface area contributed by atoms with E-state index in [0.717, 1.165) is 15.7 Å². The van der Waals surface area contributed by atoms with E-state index in [0.29, 0.717) is 0 Å². The fourth-order valence-corrected chi connectivity index (χ4v) is 2.28. The van der Waals surface area contributed by atoms with E-state index >= 15 is 0 Å². The number of rotatable bonds is 3. The molecule has 4 heteroatoms. The van der Waals surface area contributed by atoms with Gasteiger partial charge in [-0.05, 0) is 43.7 Å². The number of halogens is 1. The van der Waals surface area contributed by atoms with Crippen LogP contribution in [0.3, 0.4) is 0 Å². The lowest BCUT2D eigenvalue weighted by Crippen LogP contribution is -2.31. The largest absolute Gasteiger partial charge is 0.331 e. The van der Waals surface area contributed by atoms with Crippen LogP contribution >= 0.6 is 15.9 Å². The molecule has 0 aromatic heterocycles. The standard InChI is InChI=1S/C16H17BrN2O/c1-11-6-8-15(9-7-11)19-16(20)18-12(2)13-4-3-5-14(17)10-13/h3-10,12H,1-2H3,(H2,18,19,20). The molecule has 0 spiro atoms. The van der Waals surface area contributed by atoms with Crippen LogP contribution in [0.4, 0.5) is 10.5 Å². The number of anilines is 1. The molecule has 0 aliphatic rings. The smallest absolute Gasteiger partial charge is 0.319 e. The topological polar surface area (TPSA) is 41.1 Å². The number of carbonyl (C=O) groups excluding carboxylic acids is 1. The molecular weight excluding hydrogens is 316 g/mol. The summed E-state index contributed by atoms with van der Waals surface area (Å²) in [6, 6.07) is 15.3. The van der Waals surface area contributed by atoms with Crippen LogP contribution in [0.1, 0.15) is 24.1 Å². The van der Waals surface area contributed by atoms with E-state index in [1.807, 2.05) is 62.4 Å². The van der Waals surface area contributed by atoms with Crippen molar-refractivity contribution in [3.8, 4) is 0 Å². The third kappa shape index (κ3) is 4.10. The second kappa shape index (κ2) is 6.57. The number of nitrogens with one attached hydrogen (secondary N) is 2. The lowest BCUT2D eigenvalue weighted by Gasteiger charge is -2.15. The summed E-state index contributed by atoms with van der Waals surface area (Å²) in [5.41, 5.74) is 3.01. The molecule has 2 amide bonds. The summed E-state index contributed by atoms with van der Waals surface area (Å²) in [4.78, 5) is 11.9. The minimum Gasteiger partial charge on any atom is -0.331 e. The molecule has 2 aromatic carbocycles. The summed E-state index contributed by atoms with van der Waals surface area (Å²) in [6.45, 7) is 3.97. The summed E-state index contributed by atoms with van der Waals surface area (Å²) < 4.78 is 1.00. The SMILES string of the molecule is Cc1ccc(NC(=O)NC(C)c2cccc(Br)c2)cc1. The van der Waals surface area contributed by atoms with Gasteiger partial charge in [0, 0.05) is 10.2 Å². The quantitative estimate of drug-likeness (QED) is 0.844. The Morgan fingerprint density at radius 2 is 1.85 bits per heavy atom. The minimum atomic E-state index is -0.207. The summed E-state index contributed by atoms with van der Waals surface area (Å²) >= 11 is 3.43. The summed E-state index contributed by atoms with van der Waals surface area (Å²) in [7, 11) is 0. The Morgan fingerprint density at radius 1 is 1.15 bits per heavy atom. The van der Waals surface area contributed by atoms with Gasteiger partial charge in [0.05, 0.1) is 6.04 Å². The second-order valence-electron chi connectivity index (χ2n) is 4.74. The van der Waals surface area contributed by atoms with Gasteiger partial charge in [0.1, 0.15) is 0 Å². The molecular formula is C16H17BrN2O. The van der Waals surface area contributed by atoms with Gasteiger partial charge in [-0.25, -0.2) is 4.79 Å². The fourth-order valence-electron chi connectivity index (χ4n) is 1.86. The highest BCUT2D eigenvalue weighted by atomic mass is 79.9. The van der Waals surface area contributed by atoms with Gasteiger partial charge in [-0.15, -0.1) is 0 Å². The maximum absolute atomic E-state index is 11.9. The first-order valence-electron chi connectivity index (χ1n) is 6.44. The van der Waals surface area contributed by atoms with Crippen LogP contribution in [-0.2, 0) is 0 Å². The molecule has 0 fully saturated rings. The van der Waals surface area contributed by atoms with Crippen LogP contribution in [0.15, 0.2) is 53.0 Å². The van der Waals surface area contributed by atoms with Crippen molar-refractivity contribution in [3.63, 3.8) is 0 Å². The van der Waals surface area contributed by atoms with Crippen LogP contribution in [0.25, 0.3) is 0 Å². The first-order valence-corrected chi connectivity index (χ1v) is 7.23. The number of amides is 2. The van der Waals surface area contributed by atoms with E-state index in [1.165, 1.54) is 5.56 Å². The van der Waals surface area contributed by atoms with Gasteiger partial charge in [-0.2, -0.15) is 0 Å². The molecule has 1 unspecified atom stereocenters. The van der Waals surface area contributed by atoms with Gasteiger partial charge in [0.15, 0.2) is 0 Å². The van der Waals surface area contributed by atoms with E-state index < -0.39 is 0 Å². The molecule has 2 rings (SSSR count). The number of carbonyl (C=O) groups is 1. The highest BCUT2D eigenvalue weighted by molar-refractivity contribution is 9.10. The fraction of sp³-hybridized carbons (Fsp3) is 0.188. The van der Waals surface area contributed by atoms with Crippen molar-refractivity contribution >= 4 is 27.6 Å². The predicted molar refractivity (Wildman–Crippen MR) is 85.9 cm³/mol. The summed E-state index contributed by atoms with van der Waals surface area (Å²) in [5, 5.41) is 5.74. The molecule has 0 saturated heterocycles. The third-order valence-corrected chi connectivity index (χ3v) is 3.50. The van der Waals surface area contributed by atoms with E-state index in [-0.39, 0.29) is 12.1 Å². The molecule has 104 valence electrons. The molecule has 2 N–H and O–H groups in total. The van der Waals surface area contributed by atoms with Crippen LogP contribution in [0, 0.1) is 6.92 Å². The van der Waals surface area contributed by atoms with Gasteiger partial charge in [0.2, 0.25) is 0 Å². The average Bonchev–Trinajstić information content (AvgIpc) is 2.41. The van der Waals surface area contributed by atoms with Gasteiger partial charge < -0.3 is 10.6 Å². The Hall–Kier alpha value is -1.81. The van der Waals surface area contributed by atoms with E-state index in [4.69, 9.17) is 0 Å². The maximum Gasteiger partial charge on any atom is 0.319 e. The van der Waals surface area contributed by atoms with Crippen molar-refractivity contribution in [1.29, 1.82) is 0 Å². The summed E-state index contributed by atoms with van der Waals surface area (Å²) in [6.07, 6.45) is 0. The van der Waals surface area contributed by atoms with Crippen molar-refractivity contribution in [1.82, 2.24) is 5.32 Å². The normalized spacial score (nSPS) is 11.8. The number of benzene rings is 2. The zero-order valence-electron chi connectivity index (χ0n) is 11.5. The number of hydrogen-bond acceptors (Lipinski definition) is 1. The first kappa shape index (κ1) is 14.6. The van der Waals surface area contributed by atoms with Crippen molar-refractivity contribution in [2.24, 2.45) is 0 Å². The zero-order valence-corrected chi connectivity index (χ0v) is 13.1. The molecule has 0 radical (unpaired) electrons. The van der Waals surface area contributed by atoms with Crippen LogP contribution in [0.2, 0.25) is 0 Å². The van der Waals surface area contributed by atoms with E-state index in [2.05, 4.69) is 26.6 Å². The molecule has 0 aliphatic carbocycles. The molecule has 0 aliphatic heterocycles. The monoisotopic (exact) mass is 332 g/mol. The molecule has 0 bridgehead atoms. The Morgan fingerprint density at radius 3 is 2.50 bits per heavy atom. The zero-order chi connectivity index (χ0) is 14.5. The van der Waals surface area contributed by atoms with E-state index in [1.54, 1.807) is 0 Å².